The normalized spacial score (nSPS) is 28.0. The number of β-amino-alcohol motifs (C(OH)–C–C–N with tert-alkyl or cyclic N) is 1. The molecular formula is C16H21FN2O4S. The SMILES string of the molecule is C[C@@H]1CN(C(=O)c2cc(S(N)(=O)=O)ccc2F)C[C@@]1(O)C1CCC1. The molecule has 0 spiro atoms. The number of hydrogen-bond donors (Lipinski definition) is 2. The van der Waals surface area contributed by atoms with Crippen LogP contribution in [0.2, 0.25) is 0 Å². The molecule has 1 aliphatic heterocycles. The highest BCUT2D eigenvalue weighted by Crippen LogP contribution is 2.44. The van der Waals surface area contributed by atoms with Gasteiger partial charge in [0.15, 0.2) is 0 Å². The molecule has 1 aromatic carbocycles. The lowest BCUT2D eigenvalue weighted by Crippen LogP contribution is -2.48. The number of rotatable bonds is 3. The molecule has 2 aliphatic rings. The summed E-state index contributed by atoms with van der Waals surface area (Å²) < 4.78 is 36.9. The number of amides is 1. The second-order valence-corrected chi connectivity index (χ2v) is 8.45. The Balaban J connectivity index is 1.88. The fourth-order valence-electron chi connectivity index (χ4n) is 3.62. The van der Waals surface area contributed by atoms with Crippen LogP contribution >= 0.6 is 0 Å². The van der Waals surface area contributed by atoms with Crippen LogP contribution in [0.1, 0.15) is 36.5 Å². The smallest absolute Gasteiger partial charge is 0.256 e. The summed E-state index contributed by atoms with van der Waals surface area (Å²) in [6.45, 7) is 2.32. The van der Waals surface area contributed by atoms with Crippen LogP contribution in [0, 0.1) is 17.7 Å². The zero-order valence-corrected chi connectivity index (χ0v) is 14.2. The van der Waals surface area contributed by atoms with Crippen molar-refractivity contribution in [3.63, 3.8) is 0 Å². The summed E-state index contributed by atoms with van der Waals surface area (Å²) in [4.78, 5) is 13.7. The van der Waals surface area contributed by atoms with Gasteiger partial charge < -0.3 is 10.0 Å². The summed E-state index contributed by atoms with van der Waals surface area (Å²) in [7, 11) is -4.03. The van der Waals surface area contributed by atoms with Gasteiger partial charge in [0, 0.05) is 12.5 Å². The Morgan fingerprint density at radius 3 is 2.62 bits per heavy atom. The number of benzene rings is 1. The summed E-state index contributed by atoms with van der Waals surface area (Å²) in [5.41, 5.74) is -1.30. The van der Waals surface area contributed by atoms with Gasteiger partial charge in [0.05, 0.1) is 22.6 Å². The minimum absolute atomic E-state index is 0.115. The van der Waals surface area contributed by atoms with E-state index in [2.05, 4.69) is 0 Å². The van der Waals surface area contributed by atoms with E-state index in [4.69, 9.17) is 5.14 Å². The number of aliphatic hydroxyl groups is 1. The molecule has 1 saturated heterocycles. The molecule has 2 fully saturated rings. The zero-order chi connectivity index (χ0) is 17.7. The lowest BCUT2D eigenvalue weighted by molar-refractivity contribution is -0.0660. The first-order valence-corrected chi connectivity index (χ1v) is 9.51. The van der Waals surface area contributed by atoms with Crippen LogP contribution in [-0.4, -0.2) is 43.0 Å². The number of carbonyl (C=O) groups is 1. The molecule has 1 saturated carbocycles. The van der Waals surface area contributed by atoms with Crippen LogP contribution in [0.25, 0.3) is 0 Å². The molecule has 8 heteroatoms. The Labute approximate surface area is 140 Å². The van der Waals surface area contributed by atoms with Gasteiger partial charge in [-0.05, 0) is 37.0 Å². The third-order valence-electron chi connectivity index (χ3n) is 5.39. The maximum atomic E-state index is 14.0. The summed E-state index contributed by atoms with van der Waals surface area (Å²) in [6.07, 6.45) is 2.93. The second kappa shape index (κ2) is 5.79. The molecule has 1 amide bonds. The summed E-state index contributed by atoms with van der Waals surface area (Å²) >= 11 is 0. The van der Waals surface area contributed by atoms with Gasteiger partial charge in [-0.3, -0.25) is 4.79 Å². The van der Waals surface area contributed by atoms with Crippen LogP contribution < -0.4 is 5.14 Å². The van der Waals surface area contributed by atoms with Crippen molar-refractivity contribution in [2.45, 2.75) is 36.7 Å². The van der Waals surface area contributed by atoms with E-state index in [1.807, 2.05) is 6.92 Å². The van der Waals surface area contributed by atoms with E-state index in [1.54, 1.807) is 0 Å². The van der Waals surface area contributed by atoms with Gasteiger partial charge in [-0.2, -0.15) is 0 Å². The molecule has 24 heavy (non-hydrogen) atoms. The molecular weight excluding hydrogens is 335 g/mol. The first-order valence-electron chi connectivity index (χ1n) is 7.97. The van der Waals surface area contributed by atoms with Crippen molar-refractivity contribution in [1.82, 2.24) is 4.90 Å². The Kier molecular flexibility index (Phi) is 4.17. The van der Waals surface area contributed by atoms with Gasteiger partial charge in [-0.25, -0.2) is 17.9 Å². The van der Waals surface area contributed by atoms with Crippen molar-refractivity contribution in [1.29, 1.82) is 0 Å². The number of halogens is 1. The summed E-state index contributed by atoms with van der Waals surface area (Å²) in [5, 5.41) is 15.9. The number of carbonyl (C=O) groups excluding carboxylic acids is 1. The fourth-order valence-corrected chi connectivity index (χ4v) is 4.16. The number of primary sulfonamides is 1. The van der Waals surface area contributed by atoms with Crippen LogP contribution in [-0.2, 0) is 10.0 Å². The van der Waals surface area contributed by atoms with E-state index >= 15 is 0 Å². The average molecular weight is 356 g/mol. The average Bonchev–Trinajstić information content (AvgIpc) is 2.71. The molecule has 0 aromatic heterocycles. The third kappa shape index (κ3) is 2.82. The Hall–Kier alpha value is -1.51. The maximum Gasteiger partial charge on any atom is 0.256 e. The van der Waals surface area contributed by atoms with Gasteiger partial charge in [0.25, 0.3) is 5.91 Å². The van der Waals surface area contributed by atoms with Crippen LogP contribution in [0.4, 0.5) is 4.39 Å². The number of nitrogens with two attached hydrogens (primary N) is 1. The highest BCUT2D eigenvalue weighted by molar-refractivity contribution is 7.89. The molecule has 132 valence electrons. The van der Waals surface area contributed by atoms with Gasteiger partial charge >= 0.3 is 0 Å². The second-order valence-electron chi connectivity index (χ2n) is 6.89. The molecule has 6 nitrogen and oxygen atoms in total. The molecule has 0 bridgehead atoms. The molecule has 1 heterocycles. The van der Waals surface area contributed by atoms with Crippen molar-refractivity contribution in [2.75, 3.05) is 13.1 Å². The van der Waals surface area contributed by atoms with Crippen molar-refractivity contribution >= 4 is 15.9 Å². The van der Waals surface area contributed by atoms with E-state index in [0.29, 0.717) is 6.54 Å². The van der Waals surface area contributed by atoms with Gasteiger partial charge in [0.2, 0.25) is 10.0 Å². The number of sulfonamides is 1. The van der Waals surface area contributed by atoms with E-state index in [9.17, 15) is 22.7 Å². The minimum atomic E-state index is -4.03. The third-order valence-corrected chi connectivity index (χ3v) is 6.30. The van der Waals surface area contributed by atoms with E-state index in [-0.39, 0.29) is 28.8 Å². The molecule has 3 N–H and O–H groups in total. The lowest BCUT2D eigenvalue weighted by Gasteiger charge is -2.41. The monoisotopic (exact) mass is 356 g/mol. The largest absolute Gasteiger partial charge is 0.387 e. The zero-order valence-electron chi connectivity index (χ0n) is 13.4. The standard InChI is InChI=1S/C16H21FN2O4S/c1-10-8-19(9-16(10,21)11-3-2-4-11)15(20)13-7-12(24(18,22)23)5-6-14(13)17/h5-7,10-11,21H,2-4,8-9H2,1H3,(H2,18,22,23)/t10-,16+/m1/s1. The highest BCUT2D eigenvalue weighted by Gasteiger charge is 2.51. The number of hydrogen-bond acceptors (Lipinski definition) is 4. The summed E-state index contributed by atoms with van der Waals surface area (Å²) in [6, 6.07) is 2.90. The van der Waals surface area contributed by atoms with Crippen molar-refractivity contribution < 1.29 is 22.7 Å². The van der Waals surface area contributed by atoms with Crippen molar-refractivity contribution in [3.05, 3.63) is 29.6 Å². The Morgan fingerprint density at radius 1 is 1.42 bits per heavy atom. The molecule has 1 aromatic rings. The molecule has 1 aliphatic carbocycles. The molecule has 0 unspecified atom stereocenters. The number of nitrogens with zero attached hydrogens (tertiary/aromatic N) is 1. The topological polar surface area (TPSA) is 101 Å². The number of likely N-dealkylation sites (tertiary alicyclic amines) is 1. The first-order chi connectivity index (χ1) is 11.1. The maximum absolute atomic E-state index is 14.0. The van der Waals surface area contributed by atoms with Gasteiger partial charge in [0.1, 0.15) is 5.82 Å². The summed E-state index contributed by atoms with van der Waals surface area (Å²) in [5.74, 6) is -1.39. The van der Waals surface area contributed by atoms with Gasteiger partial charge in [-0.15, -0.1) is 0 Å². The fraction of sp³-hybridized carbons (Fsp3) is 0.562. The van der Waals surface area contributed by atoms with Crippen LogP contribution in [0.15, 0.2) is 23.1 Å². The van der Waals surface area contributed by atoms with Crippen LogP contribution in [0.3, 0.4) is 0 Å². The van der Waals surface area contributed by atoms with Crippen LogP contribution in [0.5, 0.6) is 0 Å². The van der Waals surface area contributed by atoms with Crippen molar-refractivity contribution in [2.24, 2.45) is 17.0 Å². The van der Waals surface area contributed by atoms with Gasteiger partial charge in [-0.1, -0.05) is 13.3 Å². The Bertz CT molecular complexity index is 778. The van der Waals surface area contributed by atoms with Crippen molar-refractivity contribution in [3.8, 4) is 0 Å². The molecule has 3 rings (SSSR count). The lowest BCUT2D eigenvalue weighted by atomic mass is 9.69. The predicted molar refractivity (Wildman–Crippen MR) is 85.1 cm³/mol. The van der Waals surface area contributed by atoms with E-state index < -0.39 is 27.3 Å². The minimum Gasteiger partial charge on any atom is -0.387 e. The first kappa shape index (κ1) is 17.3. The Morgan fingerprint density at radius 2 is 2.08 bits per heavy atom. The quantitative estimate of drug-likeness (QED) is 0.847. The van der Waals surface area contributed by atoms with E-state index in [0.717, 1.165) is 37.5 Å². The predicted octanol–water partition coefficient (Wildman–Crippen LogP) is 1.10. The molecule has 0 radical (unpaired) electrons. The van der Waals surface area contributed by atoms with E-state index in [1.165, 1.54) is 4.90 Å². The molecule has 2 atom stereocenters. The highest BCUT2D eigenvalue weighted by atomic mass is 32.2.